The molecule has 1 aromatic rings. The second-order valence-corrected chi connectivity index (χ2v) is 4.16. The lowest BCUT2D eigenvalue weighted by Crippen LogP contribution is -2.11. The molecule has 0 unspecified atom stereocenters. The number of phenols is 1. The molecular formula is C13H22N2O3. The molecule has 1 aromatic carbocycles. The Hall–Kier alpha value is -1.46. The molecule has 0 radical (unpaired) electrons. The number of unbranched alkanes of at least 4 members (excludes halogenated alkanes) is 1. The monoisotopic (exact) mass is 254 g/mol. The Morgan fingerprint density at radius 3 is 2.17 bits per heavy atom. The van der Waals surface area contributed by atoms with Crippen molar-refractivity contribution in [1.29, 1.82) is 0 Å². The highest BCUT2D eigenvalue weighted by atomic mass is 16.5. The standard InChI is InChI=1S/C13H22N2O3/c1-17-11-7-9(8-12(18-2)13(11)16)10(15)5-3-4-6-14/h7-8,10,16H,3-6,14-15H2,1-2H3/t10-/m1/s1. The van der Waals surface area contributed by atoms with Gasteiger partial charge in [0, 0.05) is 6.04 Å². The van der Waals surface area contributed by atoms with Crippen molar-refractivity contribution < 1.29 is 14.6 Å². The number of phenolic OH excluding ortho intramolecular Hbond substituents is 1. The summed E-state index contributed by atoms with van der Waals surface area (Å²) in [4.78, 5) is 0. The Kier molecular flexibility index (Phi) is 5.74. The van der Waals surface area contributed by atoms with Crippen LogP contribution >= 0.6 is 0 Å². The zero-order chi connectivity index (χ0) is 13.5. The van der Waals surface area contributed by atoms with Gasteiger partial charge in [-0.2, -0.15) is 0 Å². The Morgan fingerprint density at radius 2 is 1.72 bits per heavy atom. The molecule has 0 saturated heterocycles. The van der Waals surface area contributed by atoms with E-state index in [9.17, 15) is 5.11 Å². The molecule has 1 rings (SSSR count). The number of hydrogen-bond acceptors (Lipinski definition) is 5. The quantitative estimate of drug-likeness (QED) is 0.642. The van der Waals surface area contributed by atoms with Crippen LogP contribution in [0.2, 0.25) is 0 Å². The van der Waals surface area contributed by atoms with Crippen molar-refractivity contribution in [3.63, 3.8) is 0 Å². The Morgan fingerprint density at radius 1 is 1.17 bits per heavy atom. The Bertz CT molecular complexity index is 357. The zero-order valence-corrected chi connectivity index (χ0v) is 11.0. The van der Waals surface area contributed by atoms with Crippen molar-refractivity contribution in [2.45, 2.75) is 25.3 Å². The van der Waals surface area contributed by atoms with Crippen LogP contribution < -0.4 is 20.9 Å². The van der Waals surface area contributed by atoms with Gasteiger partial charge in [-0.05, 0) is 37.1 Å². The molecule has 18 heavy (non-hydrogen) atoms. The summed E-state index contributed by atoms with van der Waals surface area (Å²) in [7, 11) is 3.00. The van der Waals surface area contributed by atoms with Gasteiger partial charge in [-0.1, -0.05) is 6.42 Å². The summed E-state index contributed by atoms with van der Waals surface area (Å²) >= 11 is 0. The Labute approximate surface area is 108 Å². The fraction of sp³-hybridized carbons (Fsp3) is 0.538. The molecular weight excluding hydrogens is 232 g/mol. The number of hydrogen-bond donors (Lipinski definition) is 3. The van der Waals surface area contributed by atoms with Gasteiger partial charge in [0.15, 0.2) is 11.5 Å². The van der Waals surface area contributed by atoms with Crippen molar-refractivity contribution in [3.05, 3.63) is 17.7 Å². The van der Waals surface area contributed by atoms with E-state index in [1.54, 1.807) is 12.1 Å². The average molecular weight is 254 g/mol. The van der Waals surface area contributed by atoms with E-state index in [0.717, 1.165) is 24.8 Å². The molecule has 5 N–H and O–H groups in total. The number of benzene rings is 1. The van der Waals surface area contributed by atoms with Gasteiger partial charge in [0.2, 0.25) is 5.75 Å². The van der Waals surface area contributed by atoms with Crippen molar-refractivity contribution in [1.82, 2.24) is 0 Å². The van der Waals surface area contributed by atoms with Crippen LogP contribution in [0.25, 0.3) is 0 Å². The highest BCUT2D eigenvalue weighted by Crippen LogP contribution is 2.38. The summed E-state index contributed by atoms with van der Waals surface area (Å²) < 4.78 is 10.2. The molecule has 5 heteroatoms. The third-order valence-electron chi connectivity index (χ3n) is 2.90. The first kappa shape index (κ1) is 14.6. The first-order chi connectivity index (χ1) is 8.63. The van der Waals surface area contributed by atoms with Crippen LogP contribution in [0.4, 0.5) is 0 Å². The van der Waals surface area contributed by atoms with Gasteiger partial charge in [-0.25, -0.2) is 0 Å². The lowest BCUT2D eigenvalue weighted by molar-refractivity contribution is 0.338. The molecule has 0 aliphatic heterocycles. The van der Waals surface area contributed by atoms with Crippen molar-refractivity contribution >= 4 is 0 Å². The molecule has 5 nitrogen and oxygen atoms in total. The summed E-state index contributed by atoms with van der Waals surface area (Å²) in [6, 6.07) is 3.37. The third-order valence-corrected chi connectivity index (χ3v) is 2.90. The normalized spacial score (nSPS) is 12.2. The number of ether oxygens (including phenoxy) is 2. The molecule has 1 atom stereocenters. The maximum atomic E-state index is 9.80. The first-order valence-electron chi connectivity index (χ1n) is 6.04. The first-order valence-corrected chi connectivity index (χ1v) is 6.04. The van der Waals surface area contributed by atoms with Gasteiger partial charge >= 0.3 is 0 Å². The minimum absolute atomic E-state index is 0.00194. The van der Waals surface area contributed by atoms with Gasteiger partial charge in [0.05, 0.1) is 14.2 Å². The second-order valence-electron chi connectivity index (χ2n) is 4.16. The summed E-state index contributed by atoms with van der Waals surface area (Å²) in [5.74, 6) is 0.746. The van der Waals surface area contributed by atoms with Crippen LogP contribution in [0.1, 0.15) is 30.9 Å². The summed E-state index contributed by atoms with van der Waals surface area (Å²) in [6.45, 7) is 0.676. The highest BCUT2D eigenvalue weighted by molar-refractivity contribution is 5.53. The van der Waals surface area contributed by atoms with Gasteiger partial charge in [0.1, 0.15) is 0 Å². The van der Waals surface area contributed by atoms with Crippen LogP contribution in [0.3, 0.4) is 0 Å². The molecule has 0 saturated carbocycles. The third kappa shape index (κ3) is 3.51. The van der Waals surface area contributed by atoms with E-state index in [2.05, 4.69) is 0 Å². The molecule has 0 amide bonds. The van der Waals surface area contributed by atoms with E-state index >= 15 is 0 Å². The lowest BCUT2D eigenvalue weighted by atomic mass is 10.0. The summed E-state index contributed by atoms with van der Waals surface area (Å²) in [6.07, 6.45) is 2.78. The van der Waals surface area contributed by atoms with Crippen molar-refractivity contribution in [3.8, 4) is 17.2 Å². The zero-order valence-electron chi connectivity index (χ0n) is 11.0. The largest absolute Gasteiger partial charge is 0.502 e. The predicted molar refractivity (Wildman–Crippen MR) is 71.0 cm³/mol. The maximum absolute atomic E-state index is 9.80. The molecule has 0 bridgehead atoms. The fourth-order valence-corrected chi connectivity index (χ4v) is 1.80. The van der Waals surface area contributed by atoms with Gasteiger partial charge < -0.3 is 26.0 Å². The van der Waals surface area contributed by atoms with E-state index in [-0.39, 0.29) is 11.8 Å². The number of nitrogens with two attached hydrogens (primary N) is 2. The molecule has 102 valence electrons. The lowest BCUT2D eigenvalue weighted by Gasteiger charge is -2.16. The van der Waals surface area contributed by atoms with Crippen LogP contribution in [-0.4, -0.2) is 25.9 Å². The topological polar surface area (TPSA) is 90.7 Å². The average Bonchev–Trinajstić information content (AvgIpc) is 2.39. The van der Waals surface area contributed by atoms with Gasteiger partial charge in [0.25, 0.3) is 0 Å². The molecule has 0 aliphatic carbocycles. The van der Waals surface area contributed by atoms with Gasteiger partial charge in [-0.3, -0.25) is 0 Å². The minimum Gasteiger partial charge on any atom is -0.502 e. The molecule has 0 fully saturated rings. The highest BCUT2D eigenvalue weighted by Gasteiger charge is 2.14. The summed E-state index contributed by atoms with van der Waals surface area (Å²) in [5, 5.41) is 9.80. The van der Waals surface area contributed by atoms with Crippen LogP contribution in [-0.2, 0) is 0 Å². The van der Waals surface area contributed by atoms with Gasteiger partial charge in [-0.15, -0.1) is 0 Å². The molecule has 0 aliphatic rings. The summed E-state index contributed by atoms with van der Waals surface area (Å²) in [5.41, 5.74) is 12.4. The van der Waals surface area contributed by atoms with Crippen molar-refractivity contribution in [2.75, 3.05) is 20.8 Å². The van der Waals surface area contributed by atoms with Crippen LogP contribution in [0.5, 0.6) is 17.2 Å². The van der Waals surface area contributed by atoms with Crippen LogP contribution in [0, 0.1) is 0 Å². The van der Waals surface area contributed by atoms with E-state index < -0.39 is 0 Å². The molecule has 0 spiro atoms. The number of rotatable bonds is 7. The Balaban J connectivity index is 2.87. The number of aromatic hydroxyl groups is 1. The maximum Gasteiger partial charge on any atom is 0.200 e. The second kappa shape index (κ2) is 7.08. The molecule has 0 aromatic heterocycles. The minimum atomic E-state index is -0.111. The smallest absolute Gasteiger partial charge is 0.200 e. The number of methoxy groups -OCH3 is 2. The van der Waals surface area contributed by atoms with Crippen molar-refractivity contribution in [2.24, 2.45) is 11.5 Å². The van der Waals surface area contributed by atoms with E-state index in [4.69, 9.17) is 20.9 Å². The fourth-order valence-electron chi connectivity index (χ4n) is 1.80. The van der Waals surface area contributed by atoms with E-state index in [0.29, 0.717) is 18.0 Å². The van der Waals surface area contributed by atoms with E-state index in [1.807, 2.05) is 0 Å². The van der Waals surface area contributed by atoms with E-state index in [1.165, 1.54) is 14.2 Å². The van der Waals surface area contributed by atoms with Crippen LogP contribution in [0.15, 0.2) is 12.1 Å². The SMILES string of the molecule is COc1cc([C@H](N)CCCCN)cc(OC)c1O. The predicted octanol–water partition coefficient (Wildman–Crippen LogP) is 1.54. The molecule has 0 heterocycles.